The molecule has 0 bridgehead atoms. The summed E-state index contributed by atoms with van der Waals surface area (Å²) in [4.78, 5) is 0. The first-order valence-corrected chi connectivity index (χ1v) is 21.0. The van der Waals surface area contributed by atoms with E-state index >= 15 is 0 Å². The predicted octanol–water partition coefficient (Wildman–Crippen LogP) is 7.99. The van der Waals surface area contributed by atoms with Crippen molar-refractivity contribution in [3.05, 3.63) is 96.2 Å². The van der Waals surface area contributed by atoms with Crippen LogP contribution >= 0.6 is 24.4 Å². The van der Waals surface area contributed by atoms with Gasteiger partial charge in [-0.15, -0.1) is 47.5 Å². The van der Waals surface area contributed by atoms with Gasteiger partial charge in [-0.05, 0) is 36.6 Å². The van der Waals surface area contributed by atoms with Crippen molar-refractivity contribution in [2.24, 2.45) is 0 Å². The van der Waals surface area contributed by atoms with Crippen LogP contribution in [0.2, 0.25) is 0 Å². The number of fused-ring (bicyclic) bond motifs is 4. The van der Waals surface area contributed by atoms with Crippen molar-refractivity contribution in [1.29, 1.82) is 0 Å². The molecule has 1 heterocycles. The first-order valence-electron chi connectivity index (χ1n) is 9.78. The Morgan fingerprint density at radius 2 is 1.79 bits per heavy atom. The van der Waals surface area contributed by atoms with Crippen LogP contribution in [0.15, 0.2) is 78.9 Å². The average molecular weight is 586 g/mol. The number of aromatic nitrogens is 1. The van der Waals surface area contributed by atoms with Gasteiger partial charge >= 0.3 is 43.0 Å². The van der Waals surface area contributed by atoms with Crippen molar-refractivity contribution >= 4 is 46.1 Å². The summed E-state index contributed by atoms with van der Waals surface area (Å²) in [7, 11) is 0. The Labute approximate surface area is 195 Å². The van der Waals surface area contributed by atoms with Crippen molar-refractivity contribution in [1.82, 2.24) is 4.57 Å². The average Bonchev–Trinajstić information content (AvgIpc) is 3.53. The van der Waals surface area contributed by atoms with Gasteiger partial charge in [-0.3, -0.25) is 6.08 Å². The molecule has 0 saturated carbocycles. The summed E-state index contributed by atoms with van der Waals surface area (Å²) >= 11 is 6.32. The molecule has 0 spiro atoms. The standard InChI is InChI=1S/C20H16N.C5H5.2BrH.Zr/c1-2-7-15-13-16(12-14(15)6-1)21-19-10-4-3-8-17(19)18-9-5-11-20(18)21;1-2-4-5-3-1;;;/h1-4,6-8,10,12-13H,5,9,11H2;1-3H,4H2;2*1H;/q2*-1;;;+4/p-2. The van der Waals surface area contributed by atoms with Gasteiger partial charge < -0.3 is 4.57 Å². The largest absolute Gasteiger partial charge is 0.332 e. The van der Waals surface area contributed by atoms with Crippen molar-refractivity contribution < 1.29 is 18.5 Å². The zero-order valence-corrected chi connectivity index (χ0v) is 21.7. The monoisotopic (exact) mass is 583 g/mol. The molecule has 1 aromatic heterocycles. The van der Waals surface area contributed by atoms with E-state index in [0.717, 1.165) is 6.42 Å². The van der Waals surface area contributed by atoms with Crippen LogP contribution in [0, 0.1) is 6.08 Å². The van der Waals surface area contributed by atoms with Gasteiger partial charge in [0.2, 0.25) is 0 Å². The Morgan fingerprint density at radius 1 is 1.00 bits per heavy atom. The summed E-state index contributed by atoms with van der Waals surface area (Å²) in [6.45, 7) is 0. The fourth-order valence-corrected chi connectivity index (χ4v) is 4.23. The quantitative estimate of drug-likeness (QED) is 0.199. The summed E-state index contributed by atoms with van der Waals surface area (Å²) in [6, 6.07) is 22.1. The Morgan fingerprint density at radius 3 is 2.52 bits per heavy atom. The second-order valence-electron chi connectivity index (χ2n) is 7.05. The van der Waals surface area contributed by atoms with Gasteiger partial charge in [0.05, 0.1) is 5.52 Å². The van der Waals surface area contributed by atoms with Gasteiger partial charge in [-0.1, -0.05) is 24.3 Å². The number of aryl methyl sites for hydroxylation is 1. The number of para-hydroxylation sites is 1. The molecule has 2 aliphatic rings. The topological polar surface area (TPSA) is 4.93 Å². The summed E-state index contributed by atoms with van der Waals surface area (Å²) in [6.07, 6.45) is 13.7. The van der Waals surface area contributed by atoms with E-state index in [1.807, 2.05) is 12.2 Å². The molecule has 0 fully saturated rings. The first kappa shape index (κ1) is 21.2. The molecule has 1 nitrogen and oxygen atoms in total. The molecule has 144 valence electrons. The number of benzene rings is 2. The molecule has 6 rings (SSSR count). The van der Waals surface area contributed by atoms with Crippen LogP contribution in [0.25, 0.3) is 27.4 Å². The number of halogens is 2. The minimum Gasteiger partial charge on any atom is -0.332 e. The number of hydrogen-bond acceptors (Lipinski definition) is 0. The third-order valence-electron chi connectivity index (χ3n) is 5.38. The van der Waals surface area contributed by atoms with E-state index in [0.29, 0.717) is 0 Å². The Kier molecular flexibility index (Phi) is 7.51. The molecule has 0 unspecified atom stereocenters. The van der Waals surface area contributed by atoms with Crippen LogP contribution in [0.3, 0.4) is 0 Å². The molecule has 4 heteroatoms. The number of hydrogen-bond donors (Lipinski definition) is 0. The molecule has 4 aromatic rings. The summed E-state index contributed by atoms with van der Waals surface area (Å²) in [5.74, 6) is 0. The van der Waals surface area contributed by atoms with Crippen LogP contribution in [-0.2, 0) is 31.4 Å². The maximum absolute atomic E-state index is 3.23. The van der Waals surface area contributed by atoms with Crippen LogP contribution in [-0.4, -0.2) is 4.57 Å². The number of rotatable bonds is 1. The zero-order chi connectivity index (χ0) is 20.1. The molecule has 2 aliphatic carbocycles. The van der Waals surface area contributed by atoms with E-state index in [1.165, 1.54) is 52.3 Å². The van der Waals surface area contributed by atoms with E-state index in [-0.39, 0.29) is 18.5 Å². The van der Waals surface area contributed by atoms with Gasteiger partial charge in [0, 0.05) is 11.1 Å². The number of allylic oxidation sites excluding steroid dienone is 4. The van der Waals surface area contributed by atoms with Gasteiger partial charge in [0.25, 0.3) is 0 Å². The minimum absolute atomic E-state index is 0.145. The van der Waals surface area contributed by atoms with Crippen LogP contribution in [0.5, 0.6) is 0 Å². The Hall–Kier alpha value is -1.09. The van der Waals surface area contributed by atoms with Gasteiger partial charge in [0.15, 0.2) is 0 Å². The van der Waals surface area contributed by atoms with Crippen molar-refractivity contribution in [3.8, 4) is 5.69 Å². The fraction of sp³-hybridized carbons (Fsp3) is 0.160. The molecule has 29 heavy (non-hydrogen) atoms. The molecule has 0 N–H and O–H groups in total. The molecular formula is C25H21Br2NZr. The zero-order valence-electron chi connectivity index (χ0n) is 16.0. The maximum Gasteiger partial charge on any atom is 0.0516 e. The molecule has 0 radical (unpaired) electrons. The third kappa shape index (κ3) is 4.65. The Balaban J connectivity index is 0.000000218. The molecule has 0 amide bonds. The SMILES string of the molecule is [Br][Zr+2][Br].[C-]1=CC=CC1.c1ccc2[cH-]c(-n3c4c(c5ccccc53)CCC4)cc2c1. The van der Waals surface area contributed by atoms with Crippen LogP contribution < -0.4 is 0 Å². The molecule has 0 atom stereocenters. The van der Waals surface area contributed by atoms with Crippen LogP contribution in [0.1, 0.15) is 24.1 Å². The van der Waals surface area contributed by atoms with Crippen molar-refractivity contribution in [3.63, 3.8) is 0 Å². The third-order valence-corrected chi connectivity index (χ3v) is 5.38. The van der Waals surface area contributed by atoms with E-state index in [4.69, 9.17) is 0 Å². The first-order chi connectivity index (χ1) is 14.3. The maximum atomic E-state index is 3.23. The van der Waals surface area contributed by atoms with Crippen molar-refractivity contribution in [2.75, 3.05) is 0 Å². The Bertz CT molecular complexity index is 1120. The van der Waals surface area contributed by atoms with E-state index < -0.39 is 0 Å². The molecule has 3 aromatic carbocycles. The minimum atomic E-state index is -0.145. The van der Waals surface area contributed by atoms with Crippen molar-refractivity contribution in [2.45, 2.75) is 25.7 Å². The predicted molar refractivity (Wildman–Crippen MR) is 128 cm³/mol. The van der Waals surface area contributed by atoms with E-state index in [9.17, 15) is 0 Å². The number of nitrogens with zero attached hydrogens (tertiary/aromatic N) is 1. The summed E-state index contributed by atoms with van der Waals surface area (Å²) < 4.78 is 2.48. The molecular weight excluding hydrogens is 565 g/mol. The second-order valence-corrected chi connectivity index (χ2v) is 18.4. The van der Waals surface area contributed by atoms with Gasteiger partial charge in [0.1, 0.15) is 0 Å². The smallest absolute Gasteiger partial charge is 0.0516 e. The van der Waals surface area contributed by atoms with Gasteiger partial charge in [-0.2, -0.15) is 6.08 Å². The summed E-state index contributed by atoms with van der Waals surface area (Å²) in [5, 5.41) is 4.10. The second kappa shape index (κ2) is 10.3. The normalized spacial score (nSPS) is 13.6. The van der Waals surface area contributed by atoms with Crippen LogP contribution in [0.4, 0.5) is 0 Å². The molecule has 0 saturated heterocycles. The summed E-state index contributed by atoms with van der Waals surface area (Å²) in [5.41, 5.74) is 5.76. The van der Waals surface area contributed by atoms with E-state index in [1.54, 1.807) is 5.56 Å². The molecule has 0 aliphatic heterocycles. The van der Waals surface area contributed by atoms with E-state index in [2.05, 4.69) is 102 Å². The van der Waals surface area contributed by atoms with Gasteiger partial charge in [-0.25, -0.2) is 12.2 Å². The fourth-order valence-electron chi connectivity index (χ4n) is 4.23.